The molecule has 0 saturated heterocycles. The average Bonchev–Trinajstić information content (AvgIpc) is 2.34. The third-order valence-electron chi connectivity index (χ3n) is 2.83. The van der Waals surface area contributed by atoms with Gasteiger partial charge in [0.15, 0.2) is 0 Å². The summed E-state index contributed by atoms with van der Waals surface area (Å²) in [7, 11) is 5.94. The van der Waals surface area contributed by atoms with E-state index in [0.717, 1.165) is 29.8 Å². The normalized spacial score (nSPS) is 10.5. The van der Waals surface area contributed by atoms with E-state index < -0.39 is 0 Å². The van der Waals surface area contributed by atoms with E-state index >= 15 is 0 Å². The highest BCUT2D eigenvalue weighted by Gasteiger charge is 2.06. The van der Waals surface area contributed by atoms with Gasteiger partial charge in [0.05, 0.1) is 0 Å². The minimum atomic E-state index is -0.000454. The molecule has 0 atom stereocenters. The fraction of sp³-hybridized carbons (Fsp3) is 0.500. The van der Waals surface area contributed by atoms with Crippen LogP contribution < -0.4 is 10.6 Å². The second-order valence-corrected chi connectivity index (χ2v) is 4.69. The molecule has 0 aliphatic carbocycles. The van der Waals surface area contributed by atoms with E-state index in [1.807, 2.05) is 46.3 Å². The van der Waals surface area contributed by atoms with Crippen LogP contribution in [0.25, 0.3) is 0 Å². The first kappa shape index (κ1) is 14.5. The van der Waals surface area contributed by atoms with Crippen LogP contribution in [-0.2, 0) is 0 Å². The summed E-state index contributed by atoms with van der Waals surface area (Å²) in [6, 6.07) is 5.69. The van der Waals surface area contributed by atoms with Crippen LogP contribution in [0.3, 0.4) is 0 Å². The molecule has 0 aromatic heterocycles. The molecule has 0 saturated carbocycles. The lowest BCUT2D eigenvalue weighted by Crippen LogP contribution is -2.27. The molecule has 2 N–H and O–H groups in total. The molecule has 0 fully saturated rings. The molecule has 1 amide bonds. The Balaban J connectivity index is 2.49. The summed E-state index contributed by atoms with van der Waals surface area (Å²) in [6.45, 7) is 3.69. The lowest BCUT2D eigenvalue weighted by molar-refractivity contribution is 0.0952. The van der Waals surface area contributed by atoms with Crippen LogP contribution in [0, 0.1) is 6.92 Å². The highest BCUT2D eigenvalue weighted by molar-refractivity contribution is 5.94. The van der Waals surface area contributed by atoms with E-state index in [1.165, 1.54) is 0 Å². The molecule has 0 heterocycles. The smallest absolute Gasteiger partial charge is 0.251 e. The van der Waals surface area contributed by atoms with E-state index in [1.54, 1.807) is 0 Å². The molecule has 1 aromatic rings. The Hall–Kier alpha value is -1.55. The van der Waals surface area contributed by atoms with E-state index in [-0.39, 0.29) is 5.91 Å². The van der Waals surface area contributed by atoms with Crippen LogP contribution in [0.15, 0.2) is 18.2 Å². The minimum Gasteiger partial charge on any atom is -0.388 e. The van der Waals surface area contributed by atoms with Crippen LogP contribution >= 0.6 is 0 Å². The molecule has 1 rings (SSSR count). The SMILES string of the molecule is CNc1ccc(C(=O)NCCCN(C)C)cc1C. The van der Waals surface area contributed by atoms with Crippen molar-refractivity contribution in [1.29, 1.82) is 0 Å². The lowest BCUT2D eigenvalue weighted by Gasteiger charge is -2.11. The van der Waals surface area contributed by atoms with Gasteiger partial charge in [0.25, 0.3) is 5.91 Å². The first-order valence-electron chi connectivity index (χ1n) is 6.26. The Labute approximate surface area is 109 Å². The maximum absolute atomic E-state index is 11.9. The van der Waals surface area contributed by atoms with E-state index in [0.29, 0.717) is 6.54 Å². The molecule has 4 nitrogen and oxygen atoms in total. The largest absolute Gasteiger partial charge is 0.388 e. The van der Waals surface area contributed by atoms with Gasteiger partial charge in [-0.2, -0.15) is 0 Å². The molecular formula is C14H23N3O. The number of rotatable bonds is 6. The second-order valence-electron chi connectivity index (χ2n) is 4.69. The summed E-state index contributed by atoms with van der Waals surface area (Å²) in [5.74, 6) is -0.000454. The van der Waals surface area contributed by atoms with E-state index in [9.17, 15) is 4.79 Å². The number of anilines is 1. The molecule has 100 valence electrons. The molecule has 0 unspecified atom stereocenters. The van der Waals surface area contributed by atoms with Crippen molar-refractivity contribution in [1.82, 2.24) is 10.2 Å². The van der Waals surface area contributed by atoms with Gasteiger partial charge >= 0.3 is 0 Å². The van der Waals surface area contributed by atoms with Gasteiger partial charge in [-0.05, 0) is 57.7 Å². The lowest BCUT2D eigenvalue weighted by atomic mass is 10.1. The number of carbonyl (C=O) groups is 1. The van der Waals surface area contributed by atoms with Crippen LogP contribution in [0.4, 0.5) is 5.69 Å². The van der Waals surface area contributed by atoms with Gasteiger partial charge in [-0.25, -0.2) is 0 Å². The number of aryl methyl sites for hydroxylation is 1. The maximum Gasteiger partial charge on any atom is 0.251 e. The summed E-state index contributed by atoms with van der Waals surface area (Å²) < 4.78 is 0. The van der Waals surface area contributed by atoms with Crippen molar-refractivity contribution >= 4 is 11.6 Å². The highest BCUT2D eigenvalue weighted by atomic mass is 16.1. The Morgan fingerprint density at radius 2 is 2.06 bits per heavy atom. The summed E-state index contributed by atoms with van der Waals surface area (Å²) in [6.07, 6.45) is 0.965. The summed E-state index contributed by atoms with van der Waals surface area (Å²) >= 11 is 0. The third-order valence-corrected chi connectivity index (χ3v) is 2.83. The predicted octanol–water partition coefficient (Wildman–Crippen LogP) is 1.72. The number of benzene rings is 1. The first-order chi connectivity index (χ1) is 8.54. The number of carbonyl (C=O) groups excluding carboxylic acids is 1. The van der Waals surface area contributed by atoms with Crippen molar-refractivity contribution in [2.24, 2.45) is 0 Å². The van der Waals surface area contributed by atoms with Gasteiger partial charge in [0, 0.05) is 24.8 Å². The summed E-state index contributed by atoms with van der Waals surface area (Å²) in [5.41, 5.74) is 2.86. The van der Waals surface area contributed by atoms with Gasteiger partial charge in [-0.1, -0.05) is 0 Å². The molecule has 0 aliphatic rings. The number of nitrogens with one attached hydrogen (secondary N) is 2. The van der Waals surface area contributed by atoms with Crippen molar-refractivity contribution in [3.05, 3.63) is 29.3 Å². The Kier molecular flexibility index (Phi) is 5.65. The number of hydrogen-bond donors (Lipinski definition) is 2. The van der Waals surface area contributed by atoms with Gasteiger partial charge in [0.2, 0.25) is 0 Å². The van der Waals surface area contributed by atoms with Crippen LogP contribution in [-0.4, -0.2) is 45.0 Å². The Morgan fingerprint density at radius 3 is 2.61 bits per heavy atom. The molecule has 1 aromatic carbocycles. The molecule has 0 aliphatic heterocycles. The van der Waals surface area contributed by atoms with Gasteiger partial charge in [0.1, 0.15) is 0 Å². The van der Waals surface area contributed by atoms with Crippen LogP contribution in [0.1, 0.15) is 22.3 Å². The summed E-state index contributed by atoms with van der Waals surface area (Å²) in [4.78, 5) is 14.0. The van der Waals surface area contributed by atoms with Gasteiger partial charge < -0.3 is 15.5 Å². The van der Waals surface area contributed by atoms with Crippen molar-refractivity contribution in [2.75, 3.05) is 39.5 Å². The molecular weight excluding hydrogens is 226 g/mol. The van der Waals surface area contributed by atoms with Crippen LogP contribution in [0.5, 0.6) is 0 Å². The average molecular weight is 249 g/mol. The summed E-state index contributed by atoms with van der Waals surface area (Å²) in [5, 5.41) is 6.02. The van der Waals surface area contributed by atoms with E-state index in [4.69, 9.17) is 0 Å². The molecule has 4 heteroatoms. The van der Waals surface area contributed by atoms with Crippen LogP contribution in [0.2, 0.25) is 0 Å². The van der Waals surface area contributed by atoms with Crippen molar-refractivity contribution in [3.8, 4) is 0 Å². The first-order valence-corrected chi connectivity index (χ1v) is 6.26. The molecule has 0 spiro atoms. The van der Waals surface area contributed by atoms with Crippen molar-refractivity contribution < 1.29 is 4.79 Å². The quantitative estimate of drug-likeness (QED) is 0.755. The zero-order chi connectivity index (χ0) is 13.5. The molecule has 18 heavy (non-hydrogen) atoms. The fourth-order valence-corrected chi connectivity index (χ4v) is 1.78. The third kappa shape index (κ3) is 4.37. The number of nitrogens with zero attached hydrogens (tertiary/aromatic N) is 1. The number of amides is 1. The standard InChI is InChI=1S/C14H23N3O/c1-11-10-12(6-7-13(11)15-2)14(18)16-8-5-9-17(3)4/h6-7,10,15H,5,8-9H2,1-4H3,(H,16,18). The topological polar surface area (TPSA) is 44.4 Å². The zero-order valence-corrected chi connectivity index (χ0v) is 11.7. The van der Waals surface area contributed by atoms with Gasteiger partial charge in [-0.15, -0.1) is 0 Å². The maximum atomic E-state index is 11.9. The van der Waals surface area contributed by atoms with Gasteiger partial charge in [-0.3, -0.25) is 4.79 Å². The monoisotopic (exact) mass is 249 g/mol. The number of hydrogen-bond acceptors (Lipinski definition) is 3. The molecule has 0 radical (unpaired) electrons. The highest BCUT2D eigenvalue weighted by Crippen LogP contribution is 2.15. The van der Waals surface area contributed by atoms with Crippen molar-refractivity contribution in [3.63, 3.8) is 0 Å². The van der Waals surface area contributed by atoms with Crippen molar-refractivity contribution in [2.45, 2.75) is 13.3 Å². The fourth-order valence-electron chi connectivity index (χ4n) is 1.78. The zero-order valence-electron chi connectivity index (χ0n) is 11.7. The van der Waals surface area contributed by atoms with E-state index in [2.05, 4.69) is 15.5 Å². The Bertz CT molecular complexity index is 402. The predicted molar refractivity (Wildman–Crippen MR) is 76.2 cm³/mol. The Morgan fingerprint density at radius 1 is 1.33 bits per heavy atom. The molecule has 0 bridgehead atoms. The second kappa shape index (κ2) is 7.01. The minimum absolute atomic E-state index is 0.000454.